The largest absolute Gasteiger partial charge is 0.399 e. The Hall–Kier alpha value is -1.22. The molecule has 0 aliphatic carbocycles. The molecular weight excluding hydrogens is 188 g/mol. The van der Waals surface area contributed by atoms with Crippen LogP contribution >= 0.6 is 0 Å². The third-order valence-electron chi connectivity index (χ3n) is 2.51. The zero-order chi connectivity index (χ0) is 11.5. The summed E-state index contributed by atoms with van der Waals surface area (Å²) in [4.78, 5) is 0. The fourth-order valence-corrected chi connectivity index (χ4v) is 1.27. The van der Waals surface area contributed by atoms with Crippen LogP contribution in [0.1, 0.15) is 19.4 Å². The topological polar surface area (TPSA) is 47.3 Å². The maximum atomic E-state index is 5.68. The number of ether oxygens (including phenoxy) is 1. The van der Waals surface area contributed by atoms with Crippen molar-refractivity contribution in [3.05, 3.63) is 23.8 Å². The summed E-state index contributed by atoms with van der Waals surface area (Å²) in [5.74, 6) is 0. The number of nitrogens with one attached hydrogen (secondary N) is 1. The zero-order valence-corrected chi connectivity index (χ0v) is 9.92. The SMILES string of the molecule is COC(C)(C)CNc1ccc(N)cc1C. The lowest BCUT2D eigenvalue weighted by molar-refractivity contribution is 0.0344. The number of anilines is 2. The Morgan fingerprint density at radius 2 is 2.07 bits per heavy atom. The molecule has 0 radical (unpaired) electrons. The highest BCUT2D eigenvalue weighted by Gasteiger charge is 2.15. The van der Waals surface area contributed by atoms with Gasteiger partial charge in [-0.3, -0.25) is 0 Å². The summed E-state index contributed by atoms with van der Waals surface area (Å²) >= 11 is 0. The molecule has 0 aromatic heterocycles. The summed E-state index contributed by atoms with van der Waals surface area (Å²) in [7, 11) is 1.72. The summed E-state index contributed by atoms with van der Waals surface area (Å²) in [5.41, 5.74) is 8.58. The molecule has 0 heterocycles. The fraction of sp³-hybridized carbons (Fsp3) is 0.500. The molecule has 0 saturated heterocycles. The van der Waals surface area contributed by atoms with Gasteiger partial charge in [0.05, 0.1) is 5.60 Å². The van der Waals surface area contributed by atoms with Gasteiger partial charge in [0.2, 0.25) is 0 Å². The molecule has 0 amide bonds. The Bertz CT molecular complexity index is 334. The monoisotopic (exact) mass is 208 g/mol. The number of hydrogen-bond acceptors (Lipinski definition) is 3. The highest BCUT2D eigenvalue weighted by molar-refractivity contribution is 5.57. The van der Waals surface area contributed by atoms with Crippen molar-refractivity contribution >= 4 is 11.4 Å². The van der Waals surface area contributed by atoms with E-state index in [0.717, 1.165) is 23.5 Å². The van der Waals surface area contributed by atoms with Crippen LogP contribution in [0.5, 0.6) is 0 Å². The molecule has 15 heavy (non-hydrogen) atoms. The molecule has 0 atom stereocenters. The first-order chi connectivity index (χ1) is 6.94. The minimum Gasteiger partial charge on any atom is -0.399 e. The van der Waals surface area contributed by atoms with Crippen molar-refractivity contribution in [2.24, 2.45) is 0 Å². The van der Waals surface area contributed by atoms with Crippen molar-refractivity contribution in [3.63, 3.8) is 0 Å². The molecule has 1 rings (SSSR count). The summed E-state index contributed by atoms with van der Waals surface area (Å²) in [6.07, 6.45) is 0. The fourth-order valence-electron chi connectivity index (χ4n) is 1.27. The predicted molar refractivity (Wildman–Crippen MR) is 65.2 cm³/mol. The number of methoxy groups -OCH3 is 1. The Morgan fingerprint density at radius 1 is 1.40 bits per heavy atom. The highest BCUT2D eigenvalue weighted by atomic mass is 16.5. The van der Waals surface area contributed by atoms with Crippen LogP contribution in [0.15, 0.2) is 18.2 Å². The first kappa shape index (κ1) is 11.9. The number of nitrogen functional groups attached to an aromatic ring is 1. The van der Waals surface area contributed by atoms with Crippen molar-refractivity contribution in [3.8, 4) is 0 Å². The molecule has 0 aliphatic rings. The van der Waals surface area contributed by atoms with Gasteiger partial charge in [0, 0.05) is 25.0 Å². The Balaban J connectivity index is 2.66. The molecule has 84 valence electrons. The lowest BCUT2D eigenvalue weighted by Crippen LogP contribution is -2.32. The van der Waals surface area contributed by atoms with Crippen molar-refractivity contribution in [2.75, 3.05) is 24.7 Å². The smallest absolute Gasteiger partial charge is 0.0794 e. The van der Waals surface area contributed by atoms with E-state index in [9.17, 15) is 0 Å². The van der Waals surface area contributed by atoms with Gasteiger partial charge in [-0.05, 0) is 44.5 Å². The van der Waals surface area contributed by atoms with Gasteiger partial charge < -0.3 is 15.8 Å². The Kier molecular flexibility index (Phi) is 3.58. The molecule has 0 aliphatic heterocycles. The second-order valence-electron chi connectivity index (χ2n) is 4.39. The van der Waals surface area contributed by atoms with Gasteiger partial charge in [-0.1, -0.05) is 0 Å². The molecule has 3 N–H and O–H groups in total. The van der Waals surface area contributed by atoms with E-state index < -0.39 is 0 Å². The van der Waals surface area contributed by atoms with Gasteiger partial charge in [0.25, 0.3) is 0 Å². The molecule has 3 nitrogen and oxygen atoms in total. The summed E-state index contributed by atoms with van der Waals surface area (Å²) in [6.45, 7) is 6.91. The number of nitrogens with two attached hydrogens (primary N) is 1. The van der Waals surface area contributed by atoms with Crippen LogP contribution in [0.25, 0.3) is 0 Å². The van der Waals surface area contributed by atoms with E-state index in [4.69, 9.17) is 10.5 Å². The van der Waals surface area contributed by atoms with E-state index in [1.165, 1.54) is 0 Å². The van der Waals surface area contributed by atoms with Gasteiger partial charge in [0.1, 0.15) is 0 Å². The first-order valence-electron chi connectivity index (χ1n) is 5.10. The summed E-state index contributed by atoms with van der Waals surface area (Å²) < 4.78 is 5.34. The molecule has 0 saturated carbocycles. The summed E-state index contributed by atoms with van der Waals surface area (Å²) in [5, 5.41) is 3.35. The molecule has 1 aromatic rings. The van der Waals surface area contributed by atoms with Gasteiger partial charge in [-0.15, -0.1) is 0 Å². The van der Waals surface area contributed by atoms with E-state index in [-0.39, 0.29) is 5.60 Å². The molecule has 1 aromatic carbocycles. The summed E-state index contributed by atoms with van der Waals surface area (Å²) in [6, 6.07) is 5.85. The normalized spacial score (nSPS) is 11.5. The molecule has 0 bridgehead atoms. The van der Waals surface area contributed by atoms with Crippen molar-refractivity contribution in [1.82, 2.24) is 0 Å². The maximum Gasteiger partial charge on any atom is 0.0794 e. The number of aryl methyl sites for hydroxylation is 1. The first-order valence-corrected chi connectivity index (χ1v) is 5.10. The van der Waals surface area contributed by atoms with Crippen LogP contribution in [0.4, 0.5) is 11.4 Å². The third-order valence-corrected chi connectivity index (χ3v) is 2.51. The second-order valence-corrected chi connectivity index (χ2v) is 4.39. The van der Waals surface area contributed by atoms with E-state index in [2.05, 4.69) is 5.32 Å². The maximum absolute atomic E-state index is 5.68. The average molecular weight is 208 g/mol. The average Bonchev–Trinajstić information content (AvgIpc) is 2.16. The van der Waals surface area contributed by atoms with E-state index in [1.807, 2.05) is 39.0 Å². The van der Waals surface area contributed by atoms with E-state index in [1.54, 1.807) is 7.11 Å². The molecule has 3 heteroatoms. The van der Waals surface area contributed by atoms with E-state index in [0.29, 0.717) is 0 Å². The molecule has 0 spiro atoms. The van der Waals surface area contributed by atoms with E-state index >= 15 is 0 Å². The van der Waals surface area contributed by atoms with Crippen LogP contribution in [0.2, 0.25) is 0 Å². The van der Waals surface area contributed by atoms with Crippen molar-refractivity contribution in [2.45, 2.75) is 26.4 Å². The van der Waals surface area contributed by atoms with Crippen molar-refractivity contribution < 1.29 is 4.74 Å². The lowest BCUT2D eigenvalue weighted by Gasteiger charge is -2.24. The minimum atomic E-state index is -0.159. The van der Waals surface area contributed by atoms with Gasteiger partial charge in [0.15, 0.2) is 0 Å². The molecular formula is C12H20N2O. The van der Waals surface area contributed by atoms with Gasteiger partial charge in [-0.25, -0.2) is 0 Å². The minimum absolute atomic E-state index is 0.159. The Morgan fingerprint density at radius 3 is 2.60 bits per heavy atom. The Labute approximate surface area is 91.6 Å². The van der Waals surface area contributed by atoms with Crippen LogP contribution in [0, 0.1) is 6.92 Å². The highest BCUT2D eigenvalue weighted by Crippen LogP contribution is 2.19. The number of benzene rings is 1. The molecule has 0 fully saturated rings. The zero-order valence-electron chi connectivity index (χ0n) is 9.92. The van der Waals surface area contributed by atoms with Gasteiger partial charge in [-0.2, -0.15) is 0 Å². The van der Waals surface area contributed by atoms with Crippen LogP contribution < -0.4 is 11.1 Å². The van der Waals surface area contributed by atoms with Crippen molar-refractivity contribution in [1.29, 1.82) is 0 Å². The van der Waals surface area contributed by atoms with Crippen LogP contribution in [0.3, 0.4) is 0 Å². The third kappa shape index (κ3) is 3.44. The van der Waals surface area contributed by atoms with Crippen LogP contribution in [-0.2, 0) is 4.74 Å². The number of hydrogen-bond donors (Lipinski definition) is 2. The standard InChI is InChI=1S/C12H20N2O/c1-9-7-10(13)5-6-11(9)14-8-12(2,3)15-4/h5-7,14H,8,13H2,1-4H3. The van der Waals surface area contributed by atoms with Gasteiger partial charge >= 0.3 is 0 Å². The quantitative estimate of drug-likeness (QED) is 0.747. The lowest BCUT2D eigenvalue weighted by atomic mass is 10.1. The van der Waals surface area contributed by atoms with Crippen LogP contribution in [-0.4, -0.2) is 19.3 Å². The predicted octanol–water partition coefficient (Wildman–Crippen LogP) is 2.41. The molecule has 0 unspecified atom stereocenters. The number of rotatable bonds is 4. The second kappa shape index (κ2) is 4.53.